The topological polar surface area (TPSA) is 63.1 Å². The van der Waals surface area contributed by atoms with Gasteiger partial charge in [0.25, 0.3) is 0 Å². The highest BCUT2D eigenvalue weighted by atomic mass is 35.5. The van der Waals surface area contributed by atoms with Crippen molar-refractivity contribution < 1.29 is 0 Å². The van der Waals surface area contributed by atoms with E-state index in [1.807, 2.05) is 72.8 Å². The lowest BCUT2D eigenvalue weighted by atomic mass is 10.1. The highest BCUT2D eigenvalue weighted by molar-refractivity contribution is 6.33. The van der Waals surface area contributed by atoms with Gasteiger partial charge in [-0.2, -0.15) is 0 Å². The molecule has 5 rings (SSSR count). The van der Waals surface area contributed by atoms with Crippen molar-refractivity contribution in [2.24, 2.45) is 4.99 Å². The second-order valence-corrected chi connectivity index (χ2v) is 6.69. The van der Waals surface area contributed by atoms with E-state index in [2.05, 4.69) is 20.5 Å². The van der Waals surface area contributed by atoms with Crippen LogP contribution in [-0.2, 0) is 0 Å². The average Bonchev–Trinajstić information content (AvgIpc) is 2.73. The third kappa shape index (κ3) is 2.92. The molecule has 134 valence electrons. The maximum atomic E-state index is 6.32. The minimum atomic E-state index is 0.442. The van der Waals surface area contributed by atoms with E-state index in [0.29, 0.717) is 22.4 Å². The van der Waals surface area contributed by atoms with Gasteiger partial charge in [0, 0.05) is 16.7 Å². The largest absolute Gasteiger partial charge is 0.339 e. The molecule has 5 nitrogen and oxygen atoms in total. The highest BCUT2D eigenvalue weighted by Crippen LogP contribution is 2.33. The fraction of sp³-hybridized carbons (Fsp3) is 0. The molecule has 0 spiro atoms. The molecule has 0 aliphatic carbocycles. The lowest BCUT2D eigenvalue weighted by Gasteiger charge is -2.23. The van der Waals surface area contributed by atoms with Crippen LogP contribution in [0, 0.1) is 0 Å². The molecule has 2 heterocycles. The van der Waals surface area contributed by atoms with E-state index in [9.17, 15) is 0 Å². The van der Waals surface area contributed by atoms with Crippen molar-refractivity contribution in [1.29, 1.82) is 0 Å². The standard InChI is InChI=1S/C22H14ClN5/c23-17-12-6-4-10-15(17)21-26-22(19(27-28-21)14-8-2-1-3-9-14)25-20-16-11-5-7-13-18(16)24-20/h1-13H,(H,24,25,26,28). The molecule has 0 saturated carbocycles. The van der Waals surface area contributed by atoms with Crippen LogP contribution >= 0.6 is 11.6 Å². The number of anilines is 1. The van der Waals surface area contributed by atoms with Crippen LogP contribution in [0.5, 0.6) is 0 Å². The number of halogens is 1. The Kier molecular flexibility index (Phi) is 4.07. The van der Waals surface area contributed by atoms with Crippen LogP contribution in [0.4, 0.5) is 11.5 Å². The lowest BCUT2D eigenvalue weighted by molar-refractivity contribution is 0.984. The van der Waals surface area contributed by atoms with Crippen molar-refractivity contribution in [2.45, 2.75) is 0 Å². The van der Waals surface area contributed by atoms with E-state index >= 15 is 0 Å². The Bertz CT molecular complexity index is 1200. The zero-order valence-corrected chi connectivity index (χ0v) is 15.4. The van der Waals surface area contributed by atoms with Gasteiger partial charge in [0.2, 0.25) is 0 Å². The van der Waals surface area contributed by atoms with Crippen molar-refractivity contribution >= 4 is 28.9 Å². The van der Waals surface area contributed by atoms with Crippen molar-refractivity contribution in [3.63, 3.8) is 0 Å². The van der Waals surface area contributed by atoms with Gasteiger partial charge >= 0.3 is 0 Å². The maximum absolute atomic E-state index is 6.32. The van der Waals surface area contributed by atoms with Crippen LogP contribution in [0.3, 0.4) is 0 Å². The first-order valence-electron chi connectivity index (χ1n) is 8.80. The van der Waals surface area contributed by atoms with Crippen molar-refractivity contribution in [2.75, 3.05) is 5.32 Å². The quantitative estimate of drug-likeness (QED) is 0.517. The minimum Gasteiger partial charge on any atom is -0.339 e. The van der Waals surface area contributed by atoms with Crippen LogP contribution in [-0.4, -0.2) is 21.0 Å². The first-order valence-corrected chi connectivity index (χ1v) is 9.17. The summed E-state index contributed by atoms with van der Waals surface area (Å²) >= 11 is 6.32. The summed E-state index contributed by atoms with van der Waals surface area (Å²) in [5.41, 5.74) is 4.35. The van der Waals surface area contributed by atoms with Gasteiger partial charge in [0.1, 0.15) is 11.5 Å². The first kappa shape index (κ1) is 16.6. The number of aliphatic imine (C=N–C) groups is 1. The number of amidine groups is 1. The molecule has 28 heavy (non-hydrogen) atoms. The molecule has 0 saturated heterocycles. The SMILES string of the molecule is Clc1ccccc1-c1nnc(-c2ccccc2)c(N=C2Nc3ccccc32)n1. The van der Waals surface area contributed by atoms with Crippen molar-refractivity contribution in [3.8, 4) is 22.6 Å². The zero-order chi connectivity index (χ0) is 18.9. The third-order valence-electron chi connectivity index (χ3n) is 4.48. The van der Waals surface area contributed by atoms with Crippen LogP contribution in [0.25, 0.3) is 22.6 Å². The molecule has 1 N–H and O–H groups in total. The van der Waals surface area contributed by atoms with E-state index in [-0.39, 0.29) is 0 Å². The van der Waals surface area contributed by atoms with Crippen LogP contribution < -0.4 is 5.32 Å². The summed E-state index contributed by atoms with van der Waals surface area (Å²) in [5, 5.41) is 12.6. The Morgan fingerprint density at radius 3 is 2.25 bits per heavy atom. The summed E-state index contributed by atoms with van der Waals surface area (Å²) in [7, 11) is 0. The zero-order valence-electron chi connectivity index (χ0n) is 14.7. The van der Waals surface area contributed by atoms with Crippen molar-refractivity contribution in [3.05, 3.63) is 89.4 Å². The first-order chi connectivity index (χ1) is 13.8. The molecule has 1 aliphatic rings. The lowest BCUT2D eigenvalue weighted by Crippen LogP contribution is -2.25. The molecule has 4 aromatic rings. The fourth-order valence-corrected chi connectivity index (χ4v) is 3.28. The third-order valence-corrected chi connectivity index (χ3v) is 4.81. The fourth-order valence-electron chi connectivity index (χ4n) is 3.06. The minimum absolute atomic E-state index is 0.442. The number of rotatable bonds is 3. The number of benzene rings is 3. The maximum Gasteiger partial charge on any atom is 0.185 e. The Balaban J connectivity index is 1.66. The van der Waals surface area contributed by atoms with Gasteiger partial charge in [-0.1, -0.05) is 66.2 Å². The molecule has 6 heteroatoms. The summed E-state index contributed by atoms with van der Waals surface area (Å²) in [6.07, 6.45) is 0. The summed E-state index contributed by atoms with van der Waals surface area (Å²) in [6.45, 7) is 0. The van der Waals surface area contributed by atoms with E-state index in [4.69, 9.17) is 16.6 Å². The summed E-state index contributed by atoms with van der Waals surface area (Å²) in [5.74, 6) is 1.70. The second-order valence-electron chi connectivity index (χ2n) is 6.28. The van der Waals surface area contributed by atoms with Gasteiger partial charge in [0.05, 0.1) is 10.7 Å². The Hall–Kier alpha value is -3.57. The van der Waals surface area contributed by atoms with Gasteiger partial charge in [-0.25, -0.2) is 9.98 Å². The van der Waals surface area contributed by atoms with Gasteiger partial charge in [-0.15, -0.1) is 10.2 Å². The molecular formula is C22H14ClN5. The van der Waals surface area contributed by atoms with Crippen LogP contribution in [0.2, 0.25) is 5.02 Å². The van der Waals surface area contributed by atoms with E-state index in [1.165, 1.54) is 0 Å². The number of para-hydroxylation sites is 1. The number of hydrogen-bond donors (Lipinski definition) is 1. The van der Waals surface area contributed by atoms with Gasteiger partial charge in [0.15, 0.2) is 11.6 Å². The molecule has 0 atom stereocenters. The Morgan fingerprint density at radius 2 is 1.46 bits per heavy atom. The number of nitrogens with one attached hydrogen (secondary N) is 1. The van der Waals surface area contributed by atoms with E-state index in [1.54, 1.807) is 6.07 Å². The van der Waals surface area contributed by atoms with Crippen molar-refractivity contribution in [1.82, 2.24) is 15.2 Å². The highest BCUT2D eigenvalue weighted by Gasteiger charge is 2.21. The summed E-state index contributed by atoms with van der Waals surface area (Å²) < 4.78 is 0. The second kappa shape index (κ2) is 6.87. The molecule has 0 bridgehead atoms. The number of hydrogen-bond acceptors (Lipinski definition) is 4. The molecule has 3 aromatic carbocycles. The normalized spacial score (nSPS) is 13.5. The molecule has 0 radical (unpaired) electrons. The van der Waals surface area contributed by atoms with Crippen LogP contribution in [0.15, 0.2) is 83.9 Å². The van der Waals surface area contributed by atoms with Crippen LogP contribution in [0.1, 0.15) is 5.56 Å². The number of nitrogens with zero attached hydrogens (tertiary/aromatic N) is 4. The molecule has 0 fully saturated rings. The van der Waals surface area contributed by atoms with Gasteiger partial charge in [-0.05, 0) is 24.3 Å². The summed E-state index contributed by atoms with van der Waals surface area (Å²) in [6, 6.07) is 25.2. The molecular weight excluding hydrogens is 370 g/mol. The number of fused-ring (bicyclic) bond motifs is 1. The predicted molar refractivity (Wildman–Crippen MR) is 112 cm³/mol. The smallest absolute Gasteiger partial charge is 0.185 e. The van der Waals surface area contributed by atoms with Gasteiger partial charge in [-0.3, -0.25) is 0 Å². The predicted octanol–water partition coefficient (Wildman–Crippen LogP) is 5.36. The molecule has 1 aromatic heterocycles. The molecule has 0 amide bonds. The molecule has 1 aliphatic heterocycles. The molecule has 0 unspecified atom stereocenters. The summed E-state index contributed by atoms with van der Waals surface area (Å²) in [4.78, 5) is 9.44. The van der Waals surface area contributed by atoms with E-state index < -0.39 is 0 Å². The number of aromatic nitrogens is 3. The Morgan fingerprint density at radius 1 is 0.750 bits per heavy atom. The average molecular weight is 384 g/mol. The van der Waals surface area contributed by atoms with E-state index in [0.717, 1.165) is 28.2 Å². The monoisotopic (exact) mass is 383 g/mol. The van der Waals surface area contributed by atoms with Gasteiger partial charge < -0.3 is 5.32 Å². The Labute approximate surface area is 166 Å².